The second-order valence-electron chi connectivity index (χ2n) is 4.55. The Hall–Kier alpha value is -1.18. The Kier molecular flexibility index (Phi) is 4.38. The first-order chi connectivity index (χ1) is 9.04. The first kappa shape index (κ1) is 14.2. The summed E-state index contributed by atoms with van der Waals surface area (Å²) in [6.45, 7) is 0.966. The summed E-state index contributed by atoms with van der Waals surface area (Å²) in [6.07, 6.45) is 3.33. The maximum Gasteiger partial charge on any atom is 0.276 e. The van der Waals surface area contributed by atoms with Crippen molar-refractivity contribution in [3.8, 4) is 0 Å². The van der Waals surface area contributed by atoms with Crippen molar-refractivity contribution in [3.05, 3.63) is 17.9 Å². The highest BCUT2D eigenvalue weighted by Crippen LogP contribution is 2.20. The maximum absolute atomic E-state index is 12.2. The fourth-order valence-electron chi connectivity index (χ4n) is 2.03. The third-order valence-corrected chi connectivity index (χ3v) is 4.82. The molecule has 1 aliphatic rings. The van der Waals surface area contributed by atoms with Gasteiger partial charge in [-0.05, 0) is 31.4 Å². The molecule has 106 valence electrons. The smallest absolute Gasteiger partial charge is 0.276 e. The Labute approximate surface area is 112 Å². The highest BCUT2D eigenvalue weighted by molar-refractivity contribution is 7.89. The lowest BCUT2D eigenvalue weighted by Crippen LogP contribution is -2.36. The molecular formula is C12H17NO5S. The fourth-order valence-corrected chi connectivity index (χ4v) is 3.14. The number of carbonyl (C=O) groups is 1. The van der Waals surface area contributed by atoms with Crippen LogP contribution in [0.25, 0.3) is 0 Å². The summed E-state index contributed by atoms with van der Waals surface area (Å²) in [6, 6.07) is 2.63. The predicted molar refractivity (Wildman–Crippen MR) is 67.5 cm³/mol. The van der Waals surface area contributed by atoms with Gasteiger partial charge in [-0.1, -0.05) is 0 Å². The molecule has 1 fully saturated rings. The average molecular weight is 287 g/mol. The van der Waals surface area contributed by atoms with Gasteiger partial charge < -0.3 is 9.15 Å². The van der Waals surface area contributed by atoms with Crippen molar-refractivity contribution in [1.82, 2.24) is 4.31 Å². The van der Waals surface area contributed by atoms with Crippen LogP contribution in [0, 0.1) is 0 Å². The van der Waals surface area contributed by atoms with E-state index in [1.807, 2.05) is 0 Å². The van der Waals surface area contributed by atoms with Crippen LogP contribution < -0.4 is 0 Å². The van der Waals surface area contributed by atoms with Gasteiger partial charge in [-0.15, -0.1) is 0 Å². The van der Waals surface area contributed by atoms with Crippen molar-refractivity contribution in [3.63, 3.8) is 0 Å². The second kappa shape index (κ2) is 5.85. The fraction of sp³-hybridized carbons (Fsp3) is 0.583. The number of likely N-dealkylation sites (N-methyl/N-ethyl adjacent to an activating group) is 1. The number of rotatable bonds is 5. The molecule has 0 spiro atoms. The van der Waals surface area contributed by atoms with Crippen LogP contribution in [0.15, 0.2) is 21.6 Å². The third-order valence-electron chi connectivity index (χ3n) is 3.12. The SMILES string of the molecule is CN(CC1CCCCO1)S(=O)(=O)c1ccc(C=O)o1. The summed E-state index contributed by atoms with van der Waals surface area (Å²) in [5, 5.41) is -0.215. The van der Waals surface area contributed by atoms with Gasteiger partial charge in [0.15, 0.2) is 12.0 Å². The Morgan fingerprint density at radius 3 is 2.79 bits per heavy atom. The van der Waals surface area contributed by atoms with Crippen molar-refractivity contribution >= 4 is 16.3 Å². The summed E-state index contributed by atoms with van der Waals surface area (Å²) in [7, 11) is -2.22. The second-order valence-corrected chi connectivity index (χ2v) is 6.52. The summed E-state index contributed by atoms with van der Waals surface area (Å²) in [5.74, 6) is 0.000825. The molecule has 1 aromatic rings. The van der Waals surface area contributed by atoms with Gasteiger partial charge in [0.05, 0.1) is 6.10 Å². The Bertz CT molecular complexity index is 530. The van der Waals surface area contributed by atoms with Crippen LogP contribution in [0.3, 0.4) is 0 Å². The molecule has 2 heterocycles. The number of nitrogens with zero attached hydrogens (tertiary/aromatic N) is 1. The average Bonchev–Trinajstić information content (AvgIpc) is 2.89. The number of ether oxygens (including phenoxy) is 1. The molecular weight excluding hydrogens is 270 g/mol. The van der Waals surface area contributed by atoms with Crippen molar-refractivity contribution in [1.29, 1.82) is 0 Å². The number of carbonyl (C=O) groups excluding carboxylic acids is 1. The van der Waals surface area contributed by atoms with E-state index in [1.165, 1.54) is 23.5 Å². The van der Waals surface area contributed by atoms with Crippen LogP contribution in [0.1, 0.15) is 29.8 Å². The normalized spacial score (nSPS) is 20.6. The predicted octanol–water partition coefficient (Wildman–Crippen LogP) is 1.28. The third kappa shape index (κ3) is 3.23. The van der Waals surface area contributed by atoms with Gasteiger partial charge in [0.2, 0.25) is 5.09 Å². The molecule has 0 aliphatic carbocycles. The molecule has 0 amide bonds. The minimum absolute atomic E-state index is 0.000825. The van der Waals surface area contributed by atoms with Crippen molar-refractivity contribution in [2.24, 2.45) is 0 Å². The van der Waals surface area contributed by atoms with E-state index in [2.05, 4.69) is 0 Å². The lowest BCUT2D eigenvalue weighted by Gasteiger charge is -2.26. The molecule has 1 atom stereocenters. The zero-order valence-corrected chi connectivity index (χ0v) is 11.6. The zero-order chi connectivity index (χ0) is 13.9. The quantitative estimate of drug-likeness (QED) is 0.762. The molecule has 19 heavy (non-hydrogen) atoms. The number of furan rings is 1. The van der Waals surface area contributed by atoms with Crippen LogP contribution in [0.5, 0.6) is 0 Å². The summed E-state index contributed by atoms with van der Waals surface area (Å²) < 4.78 is 36.1. The molecule has 0 bridgehead atoms. The van der Waals surface area contributed by atoms with Crippen LogP contribution in [0.2, 0.25) is 0 Å². The molecule has 0 N–H and O–H groups in total. The molecule has 1 unspecified atom stereocenters. The molecule has 0 radical (unpaired) electrons. The van der Waals surface area contributed by atoms with Crippen LogP contribution >= 0.6 is 0 Å². The van der Waals surface area contributed by atoms with E-state index >= 15 is 0 Å². The summed E-state index contributed by atoms with van der Waals surface area (Å²) >= 11 is 0. The Balaban J connectivity index is 2.07. The summed E-state index contributed by atoms with van der Waals surface area (Å²) in [4.78, 5) is 10.5. The van der Waals surface area contributed by atoms with Gasteiger partial charge in [0.1, 0.15) is 0 Å². The number of sulfonamides is 1. The first-order valence-corrected chi connectivity index (χ1v) is 7.61. The van der Waals surface area contributed by atoms with Crippen LogP contribution in [-0.2, 0) is 14.8 Å². The van der Waals surface area contributed by atoms with E-state index in [4.69, 9.17) is 9.15 Å². The molecule has 1 aromatic heterocycles. The molecule has 7 heteroatoms. The lowest BCUT2D eigenvalue weighted by molar-refractivity contribution is 0.00845. The van der Waals surface area contributed by atoms with Crippen LogP contribution in [0.4, 0.5) is 0 Å². The molecule has 0 saturated carbocycles. The van der Waals surface area contributed by atoms with Gasteiger partial charge in [0.25, 0.3) is 10.0 Å². The molecule has 1 saturated heterocycles. The maximum atomic E-state index is 12.2. The lowest BCUT2D eigenvalue weighted by atomic mass is 10.1. The van der Waals surface area contributed by atoms with Gasteiger partial charge in [-0.2, -0.15) is 4.31 Å². The Morgan fingerprint density at radius 1 is 1.42 bits per heavy atom. The monoisotopic (exact) mass is 287 g/mol. The van der Waals surface area contributed by atoms with E-state index in [1.54, 1.807) is 0 Å². The van der Waals surface area contributed by atoms with E-state index in [-0.39, 0.29) is 17.0 Å². The highest BCUT2D eigenvalue weighted by Gasteiger charge is 2.27. The van der Waals surface area contributed by atoms with Gasteiger partial charge in [-0.25, -0.2) is 8.42 Å². The molecule has 6 nitrogen and oxygen atoms in total. The zero-order valence-electron chi connectivity index (χ0n) is 10.7. The molecule has 0 aromatic carbocycles. The van der Waals surface area contributed by atoms with Crippen molar-refractivity contribution in [2.75, 3.05) is 20.2 Å². The van der Waals surface area contributed by atoms with Gasteiger partial charge in [0, 0.05) is 20.2 Å². The van der Waals surface area contributed by atoms with E-state index in [0.717, 1.165) is 19.3 Å². The van der Waals surface area contributed by atoms with E-state index in [0.29, 0.717) is 19.4 Å². The largest absolute Gasteiger partial charge is 0.440 e. The highest BCUT2D eigenvalue weighted by atomic mass is 32.2. The van der Waals surface area contributed by atoms with Crippen molar-refractivity contribution < 1.29 is 22.4 Å². The topological polar surface area (TPSA) is 76.8 Å². The summed E-state index contributed by atoms with van der Waals surface area (Å²) in [5.41, 5.74) is 0. The van der Waals surface area contributed by atoms with Crippen molar-refractivity contribution in [2.45, 2.75) is 30.5 Å². The van der Waals surface area contributed by atoms with E-state index in [9.17, 15) is 13.2 Å². The number of hydrogen-bond donors (Lipinski definition) is 0. The number of aldehydes is 1. The Morgan fingerprint density at radius 2 is 2.21 bits per heavy atom. The number of hydrogen-bond acceptors (Lipinski definition) is 5. The minimum atomic E-state index is -3.70. The van der Waals surface area contributed by atoms with Crippen LogP contribution in [-0.4, -0.2) is 45.3 Å². The van der Waals surface area contributed by atoms with Gasteiger partial charge >= 0.3 is 0 Å². The van der Waals surface area contributed by atoms with E-state index < -0.39 is 10.0 Å². The minimum Gasteiger partial charge on any atom is -0.440 e. The first-order valence-electron chi connectivity index (χ1n) is 6.17. The molecule has 1 aliphatic heterocycles. The molecule has 2 rings (SSSR count). The van der Waals surface area contributed by atoms with Gasteiger partial charge in [-0.3, -0.25) is 4.79 Å². The standard InChI is InChI=1S/C12H17NO5S/c1-13(8-10-4-2-3-7-17-10)19(15,16)12-6-5-11(9-14)18-12/h5-6,9-10H,2-4,7-8H2,1H3.